The molecule has 1 atom stereocenters. The highest BCUT2D eigenvalue weighted by atomic mass is 32.2. The van der Waals surface area contributed by atoms with Gasteiger partial charge in [0.25, 0.3) is 0 Å². The Hall–Kier alpha value is -0.220. The van der Waals surface area contributed by atoms with Crippen LogP contribution in [0.3, 0.4) is 0 Å². The minimum atomic E-state index is -0.0360. The van der Waals surface area contributed by atoms with Crippen molar-refractivity contribution >= 4 is 16.9 Å². The van der Waals surface area contributed by atoms with Crippen LogP contribution in [0, 0.1) is 0 Å². The molecule has 3 nitrogen and oxygen atoms in total. The zero-order valence-corrected chi connectivity index (χ0v) is 8.99. The van der Waals surface area contributed by atoms with Gasteiger partial charge in [0.05, 0.1) is 18.2 Å². The van der Waals surface area contributed by atoms with Gasteiger partial charge in [-0.15, -0.1) is 0 Å². The Morgan fingerprint density at radius 2 is 2.46 bits per heavy atom. The molecule has 1 fully saturated rings. The highest BCUT2D eigenvalue weighted by molar-refractivity contribution is 8.14. The summed E-state index contributed by atoms with van der Waals surface area (Å²) in [7, 11) is 0. The van der Waals surface area contributed by atoms with Crippen LogP contribution in [0.4, 0.5) is 0 Å². The van der Waals surface area contributed by atoms with Crippen LogP contribution in [0.25, 0.3) is 0 Å². The molecule has 0 bridgehead atoms. The molecular formula is C9H16N2OS. The van der Waals surface area contributed by atoms with Gasteiger partial charge in [0.1, 0.15) is 0 Å². The fraction of sp³-hybridized carbons (Fsp3) is 0.889. The molecule has 0 amide bonds. The Balaban J connectivity index is 1.94. The molecule has 74 valence electrons. The van der Waals surface area contributed by atoms with E-state index < -0.39 is 0 Å². The van der Waals surface area contributed by atoms with Gasteiger partial charge in [-0.25, -0.2) is 0 Å². The summed E-state index contributed by atoms with van der Waals surface area (Å²) in [5, 5.41) is 4.56. The molecule has 0 aromatic carbocycles. The lowest BCUT2D eigenvalue weighted by Gasteiger charge is -2.26. The molecule has 0 aliphatic carbocycles. The van der Waals surface area contributed by atoms with Gasteiger partial charge in [0.15, 0.2) is 5.17 Å². The summed E-state index contributed by atoms with van der Waals surface area (Å²) in [5.41, 5.74) is -0.0360. The molecule has 2 aliphatic heterocycles. The molecular weight excluding hydrogens is 184 g/mol. The number of aliphatic imine (C=N–C) groups is 1. The van der Waals surface area contributed by atoms with E-state index in [9.17, 15) is 0 Å². The predicted molar refractivity (Wildman–Crippen MR) is 56.3 cm³/mol. The molecule has 0 radical (unpaired) electrons. The maximum atomic E-state index is 5.64. The fourth-order valence-electron chi connectivity index (χ4n) is 1.71. The van der Waals surface area contributed by atoms with Gasteiger partial charge in [-0.3, -0.25) is 4.99 Å². The second-order valence-electron chi connectivity index (χ2n) is 3.97. The Morgan fingerprint density at radius 3 is 3.00 bits per heavy atom. The van der Waals surface area contributed by atoms with Crippen LogP contribution < -0.4 is 5.32 Å². The van der Waals surface area contributed by atoms with Crippen LogP contribution in [0.5, 0.6) is 0 Å². The van der Waals surface area contributed by atoms with Crippen molar-refractivity contribution in [3.8, 4) is 0 Å². The maximum absolute atomic E-state index is 5.64. The highest BCUT2D eigenvalue weighted by Gasteiger charge is 2.36. The molecule has 0 aromatic heterocycles. The van der Waals surface area contributed by atoms with E-state index in [1.165, 1.54) is 0 Å². The molecule has 2 heterocycles. The molecule has 0 spiro atoms. The summed E-state index contributed by atoms with van der Waals surface area (Å²) < 4.78 is 5.64. The topological polar surface area (TPSA) is 33.6 Å². The van der Waals surface area contributed by atoms with Crippen LogP contribution in [-0.2, 0) is 4.74 Å². The van der Waals surface area contributed by atoms with Crippen molar-refractivity contribution in [2.24, 2.45) is 4.99 Å². The van der Waals surface area contributed by atoms with Crippen LogP contribution in [0.2, 0.25) is 0 Å². The lowest BCUT2D eigenvalue weighted by molar-refractivity contribution is 0.0251. The largest absolute Gasteiger partial charge is 0.373 e. The number of hydrogen-bond acceptors (Lipinski definition) is 4. The van der Waals surface area contributed by atoms with Gasteiger partial charge in [-0.1, -0.05) is 11.8 Å². The monoisotopic (exact) mass is 200 g/mol. The Labute approximate surface area is 83.3 Å². The second-order valence-corrected chi connectivity index (χ2v) is 5.06. The SMILES string of the molecule is CC1(C)OCCC1NC1=NCCS1. The summed E-state index contributed by atoms with van der Waals surface area (Å²) in [6.07, 6.45) is 1.09. The van der Waals surface area contributed by atoms with Gasteiger partial charge in [-0.2, -0.15) is 0 Å². The van der Waals surface area contributed by atoms with E-state index >= 15 is 0 Å². The molecule has 1 saturated heterocycles. The van der Waals surface area contributed by atoms with Gasteiger partial charge in [-0.05, 0) is 20.3 Å². The first kappa shape index (κ1) is 9.34. The molecule has 13 heavy (non-hydrogen) atoms. The smallest absolute Gasteiger partial charge is 0.156 e. The van der Waals surface area contributed by atoms with Crippen molar-refractivity contribution in [2.45, 2.75) is 31.9 Å². The van der Waals surface area contributed by atoms with Crippen molar-refractivity contribution < 1.29 is 4.74 Å². The average Bonchev–Trinajstić information content (AvgIpc) is 2.63. The summed E-state index contributed by atoms with van der Waals surface area (Å²) in [6, 6.07) is 0.428. The van der Waals surface area contributed by atoms with E-state index in [0.717, 1.165) is 30.5 Å². The van der Waals surface area contributed by atoms with E-state index in [-0.39, 0.29) is 5.60 Å². The number of ether oxygens (including phenoxy) is 1. The second kappa shape index (κ2) is 3.50. The van der Waals surface area contributed by atoms with Gasteiger partial charge < -0.3 is 10.1 Å². The molecule has 2 rings (SSSR count). The van der Waals surface area contributed by atoms with Gasteiger partial charge in [0, 0.05) is 12.4 Å². The zero-order chi connectivity index (χ0) is 9.31. The normalized spacial score (nSPS) is 31.8. The number of thioether (sulfide) groups is 1. The zero-order valence-electron chi connectivity index (χ0n) is 8.17. The first-order valence-corrected chi connectivity index (χ1v) is 5.75. The minimum absolute atomic E-state index is 0.0360. The quantitative estimate of drug-likeness (QED) is 0.691. The van der Waals surface area contributed by atoms with E-state index in [4.69, 9.17) is 4.74 Å². The third kappa shape index (κ3) is 1.99. The fourth-order valence-corrected chi connectivity index (χ4v) is 2.49. The number of nitrogens with zero attached hydrogens (tertiary/aromatic N) is 1. The number of hydrogen-bond donors (Lipinski definition) is 1. The van der Waals surface area contributed by atoms with E-state index in [0.29, 0.717) is 6.04 Å². The van der Waals surface area contributed by atoms with Gasteiger partial charge >= 0.3 is 0 Å². The Kier molecular flexibility index (Phi) is 2.51. The number of amidine groups is 1. The summed E-state index contributed by atoms with van der Waals surface area (Å²) in [5.74, 6) is 1.12. The minimum Gasteiger partial charge on any atom is -0.373 e. The average molecular weight is 200 g/mol. The van der Waals surface area contributed by atoms with Crippen molar-refractivity contribution in [2.75, 3.05) is 18.9 Å². The molecule has 2 aliphatic rings. The van der Waals surface area contributed by atoms with E-state index in [1.54, 1.807) is 0 Å². The first-order valence-electron chi connectivity index (χ1n) is 4.76. The molecule has 0 aromatic rings. The number of rotatable bonds is 1. The molecule has 0 saturated carbocycles. The molecule has 1 N–H and O–H groups in total. The van der Waals surface area contributed by atoms with Crippen LogP contribution in [0.15, 0.2) is 4.99 Å². The molecule has 4 heteroatoms. The van der Waals surface area contributed by atoms with Crippen molar-refractivity contribution in [1.29, 1.82) is 0 Å². The predicted octanol–water partition coefficient (Wildman–Crippen LogP) is 1.25. The lowest BCUT2D eigenvalue weighted by atomic mass is 10.00. The van der Waals surface area contributed by atoms with Gasteiger partial charge in [0.2, 0.25) is 0 Å². The third-order valence-electron chi connectivity index (χ3n) is 2.60. The third-order valence-corrected chi connectivity index (χ3v) is 3.51. The summed E-state index contributed by atoms with van der Waals surface area (Å²) >= 11 is 1.81. The van der Waals surface area contributed by atoms with Crippen LogP contribution >= 0.6 is 11.8 Å². The van der Waals surface area contributed by atoms with E-state index in [1.807, 2.05) is 11.8 Å². The van der Waals surface area contributed by atoms with Crippen molar-refractivity contribution in [1.82, 2.24) is 5.32 Å². The Bertz CT molecular complexity index is 228. The lowest BCUT2D eigenvalue weighted by Crippen LogP contribution is -2.45. The standard InChI is InChI=1S/C9H16N2OS/c1-9(2)7(3-5-12-9)11-8-10-4-6-13-8/h7H,3-6H2,1-2H3,(H,10,11). The molecule has 1 unspecified atom stereocenters. The highest BCUT2D eigenvalue weighted by Crippen LogP contribution is 2.26. The van der Waals surface area contributed by atoms with Crippen LogP contribution in [-0.4, -0.2) is 35.7 Å². The van der Waals surface area contributed by atoms with Crippen LogP contribution in [0.1, 0.15) is 20.3 Å². The Morgan fingerprint density at radius 1 is 1.62 bits per heavy atom. The van der Waals surface area contributed by atoms with Crippen molar-refractivity contribution in [3.05, 3.63) is 0 Å². The number of nitrogens with one attached hydrogen (secondary N) is 1. The van der Waals surface area contributed by atoms with Crippen molar-refractivity contribution in [3.63, 3.8) is 0 Å². The summed E-state index contributed by atoms with van der Waals surface area (Å²) in [4.78, 5) is 4.38. The summed E-state index contributed by atoms with van der Waals surface area (Å²) in [6.45, 7) is 6.10. The maximum Gasteiger partial charge on any atom is 0.156 e. The van der Waals surface area contributed by atoms with E-state index in [2.05, 4.69) is 24.2 Å². The first-order chi connectivity index (χ1) is 6.18.